The van der Waals surface area contributed by atoms with E-state index in [1.165, 1.54) is 19.1 Å². The van der Waals surface area contributed by atoms with Crippen LogP contribution in [0.4, 0.5) is 0 Å². The van der Waals surface area contributed by atoms with E-state index < -0.39 is 11.9 Å². The molecular formula is C12H19N3O5. The number of esters is 2. The Balaban J connectivity index is 2.71. The summed E-state index contributed by atoms with van der Waals surface area (Å²) in [6.45, 7) is 3.94. The molecule has 112 valence electrons. The Hall–Kier alpha value is -1.96. The number of nitrogens with zero attached hydrogens (tertiary/aromatic N) is 3. The van der Waals surface area contributed by atoms with Crippen molar-refractivity contribution in [2.24, 2.45) is 0 Å². The molecule has 1 aromatic rings. The molecule has 0 spiro atoms. The van der Waals surface area contributed by atoms with E-state index in [1.54, 1.807) is 0 Å². The van der Waals surface area contributed by atoms with Gasteiger partial charge in [-0.3, -0.25) is 14.5 Å². The van der Waals surface area contributed by atoms with Crippen LogP contribution in [-0.4, -0.2) is 54.3 Å². The lowest BCUT2D eigenvalue weighted by molar-refractivity contribution is -0.145. The number of carbonyl (C=O) groups is 2. The molecule has 1 rings (SSSR count). The fraction of sp³-hybridized carbons (Fsp3) is 0.667. The van der Waals surface area contributed by atoms with Crippen molar-refractivity contribution in [3.05, 3.63) is 11.7 Å². The predicted octanol–water partition coefficient (Wildman–Crippen LogP) is 0.341. The minimum Gasteiger partial charge on any atom is -0.468 e. The standard InChI is InChI=1S/C12H19N3O5/c1-8(2)12-13-9(14-20-12)5-15(6-10(16)18-3)7-11(17)19-4/h8H,5-7H2,1-4H3. The summed E-state index contributed by atoms with van der Waals surface area (Å²) in [5.41, 5.74) is 0. The van der Waals surface area contributed by atoms with Crippen molar-refractivity contribution in [2.75, 3.05) is 27.3 Å². The van der Waals surface area contributed by atoms with Gasteiger partial charge in [-0.1, -0.05) is 19.0 Å². The highest BCUT2D eigenvalue weighted by molar-refractivity contribution is 5.74. The fourth-order valence-corrected chi connectivity index (χ4v) is 1.43. The topological polar surface area (TPSA) is 94.8 Å². The zero-order chi connectivity index (χ0) is 15.1. The van der Waals surface area contributed by atoms with Crippen molar-refractivity contribution in [2.45, 2.75) is 26.3 Å². The molecule has 0 amide bonds. The quantitative estimate of drug-likeness (QED) is 0.662. The molecule has 0 bridgehead atoms. The molecule has 0 unspecified atom stereocenters. The lowest BCUT2D eigenvalue weighted by atomic mass is 10.2. The average molecular weight is 285 g/mol. The molecule has 1 aromatic heterocycles. The predicted molar refractivity (Wildman–Crippen MR) is 67.7 cm³/mol. The molecule has 1 heterocycles. The van der Waals surface area contributed by atoms with E-state index in [1.807, 2.05) is 13.8 Å². The Bertz CT molecular complexity index is 440. The van der Waals surface area contributed by atoms with Crippen LogP contribution < -0.4 is 0 Å². The molecule has 0 N–H and O–H groups in total. The van der Waals surface area contributed by atoms with Crippen LogP contribution in [-0.2, 0) is 25.6 Å². The largest absolute Gasteiger partial charge is 0.468 e. The SMILES string of the molecule is COC(=O)CN(CC(=O)OC)Cc1noc(C(C)C)n1. The zero-order valence-electron chi connectivity index (χ0n) is 12.1. The average Bonchev–Trinajstić information content (AvgIpc) is 2.86. The van der Waals surface area contributed by atoms with Gasteiger partial charge in [0, 0.05) is 5.92 Å². The van der Waals surface area contributed by atoms with E-state index in [0.29, 0.717) is 11.7 Å². The maximum atomic E-state index is 11.3. The van der Waals surface area contributed by atoms with Gasteiger partial charge in [-0.25, -0.2) is 0 Å². The third-order valence-electron chi connectivity index (χ3n) is 2.50. The molecule has 0 aliphatic carbocycles. The maximum Gasteiger partial charge on any atom is 0.319 e. The molecule has 0 aliphatic rings. The Morgan fingerprint density at radius 1 is 1.20 bits per heavy atom. The number of rotatable bonds is 7. The van der Waals surface area contributed by atoms with Crippen molar-refractivity contribution in [1.82, 2.24) is 15.0 Å². The maximum absolute atomic E-state index is 11.3. The molecule has 0 radical (unpaired) electrons. The van der Waals surface area contributed by atoms with Gasteiger partial charge in [0.15, 0.2) is 5.82 Å². The fourth-order valence-electron chi connectivity index (χ4n) is 1.43. The number of aromatic nitrogens is 2. The van der Waals surface area contributed by atoms with Gasteiger partial charge in [0.2, 0.25) is 5.89 Å². The van der Waals surface area contributed by atoms with Crippen LogP contribution in [0.15, 0.2) is 4.52 Å². The zero-order valence-corrected chi connectivity index (χ0v) is 12.1. The van der Waals surface area contributed by atoms with Crippen LogP contribution in [0.3, 0.4) is 0 Å². The van der Waals surface area contributed by atoms with Crippen LogP contribution in [0.5, 0.6) is 0 Å². The van der Waals surface area contributed by atoms with Gasteiger partial charge in [-0.05, 0) is 0 Å². The Labute approximate surface area is 117 Å². The first kappa shape index (κ1) is 16.1. The van der Waals surface area contributed by atoms with Gasteiger partial charge in [-0.15, -0.1) is 0 Å². The van der Waals surface area contributed by atoms with Crippen molar-refractivity contribution >= 4 is 11.9 Å². The van der Waals surface area contributed by atoms with E-state index >= 15 is 0 Å². The smallest absolute Gasteiger partial charge is 0.319 e. The van der Waals surface area contributed by atoms with Gasteiger partial charge in [-0.2, -0.15) is 4.98 Å². The third-order valence-corrected chi connectivity index (χ3v) is 2.50. The van der Waals surface area contributed by atoms with Crippen molar-refractivity contribution < 1.29 is 23.6 Å². The summed E-state index contributed by atoms with van der Waals surface area (Å²) in [5, 5.41) is 3.81. The molecule has 0 saturated heterocycles. The van der Waals surface area contributed by atoms with E-state index in [2.05, 4.69) is 19.6 Å². The second-order valence-electron chi connectivity index (χ2n) is 4.50. The highest BCUT2D eigenvalue weighted by atomic mass is 16.5. The molecule has 0 aliphatic heterocycles. The lowest BCUT2D eigenvalue weighted by Gasteiger charge is -2.17. The summed E-state index contributed by atoms with van der Waals surface area (Å²) in [4.78, 5) is 28.3. The Morgan fingerprint density at radius 3 is 2.15 bits per heavy atom. The summed E-state index contributed by atoms with van der Waals surface area (Å²) >= 11 is 0. The van der Waals surface area contributed by atoms with E-state index in [4.69, 9.17) is 4.52 Å². The summed E-state index contributed by atoms with van der Waals surface area (Å²) in [6, 6.07) is 0. The summed E-state index contributed by atoms with van der Waals surface area (Å²) < 4.78 is 14.2. The number of methoxy groups -OCH3 is 2. The summed E-state index contributed by atoms with van der Waals surface area (Å²) in [7, 11) is 2.56. The van der Waals surface area contributed by atoms with Crippen LogP contribution in [0.2, 0.25) is 0 Å². The van der Waals surface area contributed by atoms with Gasteiger partial charge in [0.05, 0.1) is 33.9 Å². The minimum absolute atomic E-state index is 0.0584. The molecule has 0 saturated carbocycles. The van der Waals surface area contributed by atoms with Crippen molar-refractivity contribution in [3.8, 4) is 0 Å². The molecular weight excluding hydrogens is 266 g/mol. The van der Waals surface area contributed by atoms with Crippen molar-refractivity contribution in [3.63, 3.8) is 0 Å². The van der Waals surface area contributed by atoms with Gasteiger partial charge in [0.25, 0.3) is 0 Å². The number of carbonyl (C=O) groups excluding carboxylic acids is 2. The first-order valence-electron chi connectivity index (χ1n) is 6.14. The van der Waals surface area contributed by atoms with Crippen molar-refractivity contribution in [1.29, 1.82) is 0 Å². The monoisotopic (exact) mass is 285 g/mol. The summed E-state index contributed by atoms with van der Waals surface area (Å²) in [6.07, 6.45) is 0. The Kier molecular flexibility index (Phi) is 6.10. The second kappa shape index (κ2) is 7.59. The minimum atomic E-state index is -0.457. The normalized spacial score (nSPS) is 10.9. The Morgan fingerprint density at radius 2 is 1.75 bits per heavy atom. The van der Waals surface area contributed by atoms with Crippen LogP contribution in [0, 0.1) is 0 Å². The van der Waals surface area contributed by atoms with Gasteiger partial charge < -0.3 is 14.0 Å². The van der Waals surface area contributed by atoms with Gasteiger partial charge >= 0.3 is 11.9 Å². The number of hydrogen-bond acceptors (Lipinski definition) is 8. The lowest BCUT2D eigenvalue weighted by Crippen LogP contribution is -2.35. The molecule has 0 fully saturated rings. The molecule has 8 nitrogen and oxygen atoms in total. The molecule has 8 heteroatoms. The van der Waals surface area contributed by atoms with Gasteiger partial charge in [0.1, 0.15) is 0 Å². The van der Waals surface area contributed by atoms with E-state index in [0.717, 1.165) is 0 Å². The van der Waals surface area contributed by atoms with Crippen LogP contribution in [0.25, 0.3) is 0 Å². The highest BCUT2D eigenvalue weighted by Crippen LogP contribution is 2.11. The number of hydrogen-bond donors (Lipinski definition) is 0. The first-order chi connectivity index (χ1) is 9.46. The molecule has 0 aromatic carbocycles. The summed E-state index contributed by atoms with van der Waals surface area (Å²) in [5.74, 6) is 0.117. The van der Waals surface area contributed by atoms with E-state index in [-0.39, 0.29) is 25.6 Å². The molecule has 20 heavy (non-hydrogen) atoms. The van der Waals surface area contributed by atoms with Crippen LogP contribution >= 0.6 is 0 Å². The van der Waals surface area contributed by atoms with Crippen LogP contribution in [0.1, 0.15) is 31.5 Å². The third kappa shape index (κ3) is 4.96. The van der Waals surface area contributed by atoms with E-state index in [9.17, 15) is 9.59 Å². The first-order valence-corrected chi connectivity index (χ1v) is 6.14. The highest BCUT2D eigenvalue weighted by Gasteiger charge is 2.19. The number of ether oxygens (including phenoxy) is 2. The molecule has 0 atom stereocenters. The second-order valence-corrected chi connectivity index (χ2v) is 4.50.